The standard InChI is InChI=1S/C17H27NO3/c1-4-15-12-20-10-9-18(15)11-17(19)14-5-7-16(8-6-14)21-13(2)3/h5-8,13,15,17,19H,4,9-12H2,1-3H3. The Kier molecular flexibility index (Phi) is 6.03. The highest BCUT2D eigenvalue weighted by atomic mass is 16.5. The van der Waals surface area contributed by atoms with Crippen LogP contribution >= 0.6 is 0 Å². The highest BCUT2D eigenvalue weighted by molar-refractivity contribution is 5.28. The maximum Gasteiger partial charge on any atom is 0.119 e. The molecule has 1 saturated heterocycles. The average Bonchev–Trinajstić information content (AvgIpc) is 2.48. The Bertz CT molecular complexity index is 419. The molecular formula is C17H27NO3. The smallest absolute Gasteiger partial charge is 0.119 e. The molecule has 0 aromatic heterocycles. The molecule has 21 heavy (non-hydrogen) atoms. The van der Waals surface area contributed by atoms with Gasteiger partial charge in [-0.05, 0) is 38.0 Å². The molecule has 4 heteroatoms. The first-order valence-electron chi connectivity index (χ1n) is 7.86. The van der Waals surface area contributed by atoms with E-state index in [-0.39, 0.29) is 6.10 Å². The van der Waals surface area contributed by atoms with Crippen LogP contribution < -0.4 is 4.74 Å². The van der Waals surface area contributed by atoms with Gasteiger partial charge < -0.3 is 14.6 Å². The summed E-state index contributed by atoms with van der Waals surface area (Å²) >= 11 is 0. The SMILES string of the molecule is CCC1COCCN1CC(O)c1ccc(OC(C)C)cc1. The van der Waals surface area contributed by atoms with E-state index in [1.807, 2.05) is 38.1 Å². The van der Waals surface area contributed by atoms with Crippen molar-refractivity contribution in [2.45, 2.75) is 45.4 Å². The van der Waals surface area contributed by atoms with Crippen molar-refractivity contribution in [1.29, 1.82) is 0 Å². The van der Waals surface area contributed by atoms with Gasteiger partial charge in [0.05, 0.1) is 25.4 Å². The first-order valence-corrected chi connectivity index (χ1v) is 7.86. The minimum Gasteiger partial charge on any atom is -0.491 e. The number of hydrogen-bond donors (Lipinski definition) is 1. The molecule has 0 aliphatic carbocycles. The Balaban J connectivity index is 1.94. The second-order valence-electron chi connectivity index (χ2n) is 5.88. The van der Waals surface area contributed by atoms with Crippen molar-refractivity contribution in [2.75, 3.05) is 26.3 Å². The van der Waals surface area contributed by atoms with Crippen LogP contribution in [0.2, 0.25) is 0 Å². The van der Waals surface area contributed by atoms with Gasteiger partial charge in [0.1, 0.15) is 5.75 Å². The number of morpholine rings is 1. The minimum atomic E-state index is -0.467. The topological polar surface area (TPSA) is 41.9 Å². The molecule has 0 saturated carbocycles. The van der Waals surface area contributed by atoms with E-state index >= 15 is 0 Å². The number of nitrogens with zero attached hydrogens (tertiary/aromatic N) is 1. The Morgan fingerprint density at radius 1 is 1.33 bits per heavy atom. The number of rotatable bonds is 6. The van der Waals surface area contributed by atoms with Crippen LogP contribution in [0, 0.1) is 0 Å². The molecule has 1 aliphatic rings. The minimum absolute atomic E-state index is 0.166. The summed E-state index contributed by atoms with van der Waals surface area (Å²) in [6, 6.07) is 8.16. The zero-order chi connectivity index (χ0) is 15.2. The number of β-amino-alcohol motifs (C(OH)–C–C–N with tert-alkyl or cyclic N) is 1. The molecule has 1 aromatic rings. The van der Waals surface area contributed by atoms with E-state index in [2.05, 4.69) is 11.8 Å². The fourth-order valence-corrected chi connectivity index (χ4v) is 2.67. The van der Waals surface area contributed by atoms with Gasteiger partial charge in [0.25, 0.3) is 0 Å². The number of hydrogen-bond acceptors (Lipinski definition) is 4. The zero-order valence-electron chi connectivity index (χ0n) is 13.3. The van der Waals surface area contributed by atoms with Crippen molar-refractivity contribution in [3.63, 3.8) is 0 Å². The maximum atomic E-state index is 10.4. The van der Waals surface area contributed by atoms with Gasteiger partial charge in [-0.2, -0.15) is 0 Å². The Morgan fingerprint density at radius 3 is 2.67 bits per heavy atom. The molecule has 2 atom stereocenters. The molecule has 0 bridgehead atoms. The van der Waals surface area contributed by atoms with Crippen LogP contribution in [0.15, 0.2) is 24.3 Å². The van der Waals surface area contributed by atoms with E-state index in [0.29, 0.717) is 12.6 Å². The van der Waals surface area contributed by atoms with Crippen LogP contribution in [0.5, 0.6) is 5.75 Å². The van der Waals surface area contributed by atoms with E-state index in [1.54, 1.807) is 0 Å². The number of benzene rings is 1. The van der Waals surface area contributed by atoms with Gasteiger partial charge in [-0.1, -0.05) is 19.1 Å². The first-order chi connectivity index (χ1) is 10.1. The van der Waals surface area contributed by atoms with E-state index in [0.717, 1.165) is 37.5 Å². The lowest BCUT2D eigenvalue weighted by molar-refractivity contribution is -0.0277. The molecule has 118 valence electrons. The quantitative estimate of drug-likeness (QED) is 0.875. The highest BCUT2D eigenvalue weighted by Crippen LogP contribution is 2.21. The van der Waals surface area contributed by atoms with Crippen molar-refractivity contribution in [3.8, 4) is 5.75 Å². The third-order valence-corrected chi connectivity index (χ3v) is 3.86. The summed E-state index contributed by atoms with van der Waals surface area (Å²) < 4.78 is 11.1. The van der Waals surface area contributed by atoms with Crippen molar-refractivity contribution in [2.24, 2.45) is 0 Å². The van der Waals surface area contributed by atoms with E-state index in [9.17, 15) is 5.11 Å². The molecule has 0 radical (unpaired) electrons. The molecular weight excluding hydrogens is 266 g/mol. The van der Waals surface area contributed by atoms with Crippen LogP contribution in [0.3, 0.4) is 0 Å². The van der Waals surface area contributed by atoms with Crippen LogP contribution in [-0.4, -0.2) is 48.5 Å². The number of aliphatic hydroxyl groups is 1. The number of ether oxygens (including phenoxy) is 2. The fraction of sp³-hybridized carbons (Fsp3) is 0.647. The molecule has 1 fully saturated rings. The predicted molar refractivity (Wildman–Crippen MR) is 83.6 cm³/mol. The lowest BCUT2D eigenvalue weighted by atomic mass is 10.1. The lowest BCUT2D eigenvalue weighted by Gasteiger charge is -2.36. The van der Waals surface area contributed by atoms with E-state index < -0.39 is 6.10 Å². The molecule has 0 amide bonds. The normalized spacial score (nSPS) is 21.5. The van der Waals surface area contributed by atoms with Crippen molar-refractivity contribution in [1.82, 2.24) is 4.90 Å². The zero-order valence-corrected chi connectivity index (χ0v) is 13.3. The first kappa shape index (κ1) is 16.3. The Hall–Kier alpha value is -1.10. The maximum absolute atomic E-state index is 10.4. The summed E-state index contributed by atoms with van der Waals surface area (Å²) in [6.45, 7) is 9.25. The molecule has 0 spiro atoms. The van der Waals surface area contributed by atoms with Gasteiger partial charge in [-0.3, -0.25) is 4.90 Å². The van der Waals surface area contributed by atoms with Crippen LogP contribution in [0.1, 0.15) is 38.9 Å². The molecule has 1 heterocycles. The Labute approximate surface area is 127 Å². The van der Waals surface area contributed by atoms with E-state index in [4.69, 9.17) is 9.47 Å². The highest BCUT2D eigenvalue weighted by Gasteiger charge is 2.24. The molecule has 1 N–H and O–H groups in total. The summed E-state index contributed by atoms with van der Waals surface area (Å²) in [6.07, 6.45) is 0.748. The second kappa shape index (κ2) is 7.78. The second-order valence-corrected chi connectivity index (χ2v) is 5.88. The molecule has 1 aromatic carbocycles. The van der Waals surface area contributed by atoms with Crippen molar-refractivity contribution < 1.29 is 14.6 Å². The third-order valence-electron chi connectivity index (χ3n) is 3.86. The van der Waals surface area contributed by atoms with Gasteiger partial charge in [0.2, 0.25) is 0 Å². The van der Waals surface area contributed by atoms with E-state index in [1.165, 1.54) is 0 Å². The summed E-state index contributed by atoms with van der Waals surface area (Å²) in [5.74, 6) is 0.846. The van der Waals surface area contributed by atoms with Crippen LogP contribution in [0.25, 0.3) is 0 Å². The monoisotopic (exact) mass is 293 g/mol. The van der Waals surface area contributed by atoms with Gasteiger partial charge in [-0.25, -0.2) is 0 Å². The lowest BCUT2D eigenvalue weighted by Crippen LogP contribution is -2.46. The van der Waals surface area contributed by atoms with Crippen molar-refractivity contribution in [3.05, 3.63) is 29.8 Å². The van der Waals surface area contributed by atoms with Gasteiger partial charge >= 0.3 is 0 Å². The molecule has 1 aliphatic heterocycles. The Morgan fingerprint density at radius 2 is 2.05 bits per heavy atom. The molecule has 4 nitrogen and oxygen atoms in total. The summed E-state index contributed by atoms with van der Waals surface area (Å²) in [5, 5.41) is 10.4. The predicted octanol–water partition coefficient (Wildman–Crippen LogP) is 2.62. The van der Waals surface area contributed by atoms with Gasteiger partial charge in [0.15, 0.2) is 0 Å². The fourth-order valence-electron chi connectivity index (χ4n) is 2.67. The van der Waals surface area contributed by atoms with Crippen LogP contribution in [-0.2, 0) is 4.74 Å². The van der Waals surface area contributed by atoms with Crippen molar-refractivity contribution >= 4 is 0 Å². The average molecular weight is 293 g/mol. The summed E-state index contributed by atoms with van der Waals surface area (Å²) in [5.41, 5.74) is 0.937. The summed E-state index contributed by atoms with van der Waals surface area (Å²) in [7, 11) is 0. The number of aliphatic hydroxyl groups excluding tert-OH is 1. The largest absolute Gasteiger partial charge is 0.491 e. The third kappa shape index (κ3) is 4.70. The van der Waals surface area contributed by atoms with Gasteiger partial charge in [-0.15, -0.1) is 0 Å². The summed E-state index contributed by atoms with van der Waals surface area (Å²) in [4.78, 5) is 2.33. The molecule has 2 rings (SSSR count). The van der Waals surface area contributed by atoms with Gasteiger partial charge in [0, 0.05) is 19.1 Å². The van der Waals surface area contributed by atoms with Crippen LogP contribution in [0.4, 0.5) is 0 Å². The molecule has 2 unspecified atom stereocenters.